The zero-order valence-electron chi connectivity index (χ0n) is 15.2. The first-order valence-electron chi connectivity index (χ1n) is 7.96. The van der Waals surface area contributed by atoms with Crippen molar-refractivity contribution >= 4 is 6.03 Å². The Balaban J connectivity index is 2.45. The Morgan fingerprint density at radius 2 is 1.83 bits per heavy atom. The lowest BCUT2D eigenvalue weighted by molar-refractivity contribution is 0.0151. The number of aromatic nitrogens is 2. The summed E-state index contributed by atoms with van der Waals surface area (Å²) >= 11 is 0. The van der Waals surface area contributed by atoms with Gasteiger partial charge in [0.25, 0.3) is 0 Å². The molecule has 23 heavy (non-hydrogen) atoms. The molecule has 0 bridgehead atoms. The number of hydrogen-bond acceptors (Lipinski definition) is 5. The summed E-state index contributed by atoms with van der Waals surface area (Å²) in [5.41, 5.74) is -0.623. The minimum Gasteiger partial charge on any atom is -0.392 e. The first kappa shape index (κ1) is 19.4. The largest absolute Gasteiger partial charge is 0.392 e. The first-order chi connectivity index (χ1) is 10.4. The number of nitrogens with one attached hydrogen (secondary N) is 2. The molecule has 7 nitrogen and oxygen atoms in total. The maximum Gasteiger partial charge on any atom is 0.315 e. The molecule has 1 heterocycles. The summed E-state index contributed by atoms with van der Waals surface area (Å²) in [6, 6.07) is -0.323. The maximum absolute atomic E-state index is 11.9. The molecule has 1 rings (SSSR count). The van der Waals surface area contributed by atoms with Gasteiger partial charge in [0.05, 0.1) is 12.6 Å². The van der Waals surface area contributed by atoms with E-state index >= 15 is 0 Å². The van der Waals surface area contributed by atoms with Crippen molar-refractivity contribution in [2.75, 3.05) is 6.54 Å². The van der Waals surface area contributed by atoms with Crippen LogP contribution in [0, 0.1) is 11.3 Å². The van der Waals surface area contributed by atoms with Crippen LogP contribution in [0.25, 0.3) is 0 Å². The van der Waals surface area contributed by atoms with E-state index in [4.69, 9.17) is 4.52 Å². The van der Waals surface area contributed by atoms with Crippen LogP contribution in [0.5, 0.6) is 0 Å². The Morgan fingerprint density at radius 1 is 1.22 bits per heavy atom. The molecule has 0 saturated heterocycles. The topological polar surface area (TPSA) is 100 Å². The molecule has 0 spiro atoms. The third-order valence-corrected chi connectivity index (χ3v) is 3.65. The van der Waals surface area contributed by atoms with Crippen molar-refractivity contribution in [3.63, 3.8) is 0 Å². The lowest BCUT2D eigenvalue weighted by Gasteiger charge is -2.33. The fourth-order valence-electron chi connectivity index (χ4n) is 2.17. The van der Waals surface area contributed by atoms with E-state index in [0.717, 1.165) is 0 Å². The molecule has 0 aromatic carbocycles. The molecule has 0 aliphatic heterocycles. The summed E-state index contributed by atoms with van der Waals surface area (Å²) in [6.07, 6.45) is -0.491. The van der Waals surface area contributed by atoms with E-state index in [-0.39, 0.29) is 23.9 Å². The molecule has 0 radical (unpaired) electrons. The first-order valence-corrected chi connectivity index (χ1v) is 7.96. The number of aliphatic hydroxyl groups is 1. The molecule has 2 amide bonds. The fourth-order valence-corrected chi connectivity index (χ4v) is 2.17. The molecule has 0 fully saturated rings. The minimum atomic E-state index is -0.491. The summed E-state index contributed by atoms with van der Waals surface area (Å²) in [7, 11) is 0. The van der Waals surface area contributed by atoms with Crippen LogP contribution in [0.15, 0.2) is 4.52 Å². The minimum absolute atomic E-state index is 0.130. The quantitative estimate of drug-likeness (QED) is 0.744. The maximum atomic E-state index is 11.9. The van der Waals surface area contributed by atoms with Crippen molar-refractivity contribution in [1.82, 2.24) is 20.8 Å². The van der Waals surface area contributed by atoms with Gasteiger partial charge >= 0.3 is 6.03 Å². The third kappa shape index (κ3) is 5.82. The highest BCUT2D eigenvalue weighted by atomic mass is 16.5. The lowest BCUT2D eigenvalue weighted by Crippen LogP contribution is -2.46. The number of urea groups is 1. The van der Waals surface area contributed by atoms with Crippen LogP contribution < -0.4 is 10.6 Å². The van der Waals surface area contributed by atoms with Gasteiger partial charge < -0.3 is 20.3 Å². The number of amides is 2. The highest BCUT2D eigenvalue weighted by Crippen LogP contribution is 2.25. The number of hydrogen-bond donors (Lipinski definition) is 3. The molecule has 0 aliphatic rings. The predicted octanol–water partition coefficient (Wildman–Crippen LogP) is 2.21. The molecule has 0 unspecified atom stereocenters. The Bertz CT molecular complexity index is 518. The van der Waals surface area contributed by atoms with E-state index in [1.54, 1.807) is 0 Å². The molecule has 7 heteroatoms. The predicted molar refractivity (Wildman–Crippen MR) is 87.9 cm³/mol. The Morgan fingerprint density at radius 3 is 2.30 bits per heavy atom. The van der Waals surface area contributed by atoms with E-state index in [2.05, 4.69) is 20.8 Å². The SMILES string of the molecule is CC(C)[C@H](O)C(C)(C)CNC(=O)NCc1noc(C(C)(C)C)n1. The molecular formula is C16H30N4O3. The second-order valence-electron chi connectivity index (χ2n) is 7.98. The van der Waals surface area contributed by atoms with Gasteiger partial charge in [-0.05, 0) is 5.92 Å². The molecule has 1 aromatic heterocycles. The van der Waals surface area contributed by atoms with Gasteiger partial charge in [-0.25, -0.2) is 4.79 Å². The van der Waals surface area contributed by atoms with Gasteiger partial charge in [-0.1, -0.05) is 53.6 Å². The van der Waals surface area contributed by atoms with E-state index in [1.807, 2.05) is 48.5 Å². The highest BCUT2D eigenvalue weighted by molar-refractivity contribution is 5.73. The van der Waals surface area contributed by atoms with Crippen molar-refractivity contribution in [2.45, 2.75) is 66.5 Å². The van der Waals surface area contributed by atoms with Crippen molar-refractivity contribution in [3.05, 3.63) is 11.7 Å². The summed E-state index contributed by atoms with van der Waals surface area (Å²) < 4.78 is 5.17. The summed E-state index contributed by atoms with van der Waals surface area (Å²) in [5.74, 6) is 1.10. The third-order valence-electron chi connectivity index (χ3n) is 3.65. The van der Waals surface area contributed by atoms with Gasteiger partial charge in [0, 0.05) is 17.4 Å². The number of nitrogens with zero attached hydrogens (tertiary/aromatic N) is 2. The van der Waals surface area contributed by atoms with Gasteiger partial charge in [-0.3, -0.25) is 0 Å². The summed E-state index contributed by atoms with van der Waals surface area (Å²) in [6.45, 7) is 14.3. The average molecular weight is 326 g/mol. The van der Waals surface area contributed by atoms with Gasteiger partial charge in [0.2, 0.25) is 5.89 Å². The second-order valence-corrected chi connectivity index (χ2v) is 7.98. The van der Waals surface area contributed by atoms with Crippen LogP contribution in [0.2, 0.25) is 0 Å². The Hall–Kier alpha value is -1.63. The van der Waals surface area contributed by atoms with Crippen LogP contribution in [-0.4, -0.2) is 33.9 Å². The van der Waals surface area contributed by atoms with Crippen LogP contribution in [-0.2, 0) is 12.0 Å². The van der Waals surface area contributed by atoms with E-state index in [0.29, 0.717) is 18.3 Å². The van der Waals surface area contributed by atoms with Crippen molar-refractivity contribution in [1.29, 1.82) is 0 Å². The Kier molecular flexibility index (Phi) is 6.16. The summed E-state index contributed by atoms with van der Waals surface area (Å²) in [5, 5.41) is 19.5. The normalized spacial score (nSPS) is 14.0. The average Bonchev–Trinajstić information content (AvgIpc) is 2.91. The number of carbonyl (C=O) groups is 1. The standard InChI is InChI=1S/C16H30N4O3/c1-10(2)12(21)16(6,7)9-18-14(22)17-8-11-19-13(23-20-11)15(3,4)5/h10,12,21H,8-9H2,1-7H3,(H2,17,18,22)/t12-/m0/s1. The number of rotatable bonds is 6. The molecule has 1 atom stereocenters. The van der Waals surface area contributed by atoms with Crippen molar-refractivity contribution < 1.29 is 14.4 Å². The molecular weight excluding hydrogens is 296 g/mol. The molecule has 1 aromatic rings. The van der Waals surface area contributed by atoms with Crippen LogP contribution in [0.4, 0.5) is 4.79 Å². The van der Waals surface area contributed by atoms with Gasteiger partial charge in [0.15, 0.2) is 5.82 Å². The van der Waals surface area contributed by atoms with Crippen LogP contribution >= 0.6 is 0 Å². The smallest absolute Gasteiger partial charge is 0.315 e. The van der Waals surface area contributed by atoms with Crippen LogP contribution in [0.1, 0.15) is 60.2 Å². The highest BCUT2D eigenvalue weighted by Gasteiger charge is 2.30. The number of carbonyl (C=O) groups excluding carboxylic acids is 1. The molecule has 132 valence electrons. The Labute approximate surface area is 138 Å². The van der Waals surface area contributed by atoms with Crippen molar-refractivity contribution in [2.24, 2.45) is 11.3 Å². The monoisotopic (exact) mass is 326 g/mol. The molecule has 3 N–H and O–H groups in total. The van der Waals surface area contributed by atoms with E-state index < -0.39 is 11.5 Å². The molecule has 0 aliphatic carbocycles. The zero-order chi connectivity index (χ0) is 17.8. The van der Waals surface area contributed by atoms with E-state index in [1.165, 1.54) is 0 Å². The van der Waals surface area contributed by atoms with Gasteiger partial charge in [-0.15, -0.1) is 0 Å². The van der Waals surface area contributed by atoms with Gasteiger partial charge in [-0.2, -0.15) is 4.98 Å². The number of aliphatic hydroxyl groups excluding tert-OH is 1. The summed E-state index contributed by atoms with van der Waals surface area (Å²) in [4.78, 5) is 16.1. The van der Waals surface area contributed by atoms with Crippen LogP contribution in [0.3, 0.4) is 0 Å². The second kappa shape index (κ2) is 7.29. The fraction of sp³-hybridized carbons (Fsp3) is 0.812. The van der Waals surface area contributed by atoms with Gasteiger partial charge in [0.1, 0.15) is 0 Å². The lowest BCUT2D eigenvalue weighted by atomic mass is 9.81. The van der Waals surface area contributed by atoms with E-state index in [9.17, 15) is 9.90 Å². The molecule has 0 saturated carbocycles. The van der Waals surface area contributed by atoms with Crippen molar-refractivity contribution in [3.8, 4) is 0 Å². The zero-order valence-corrected chi connectivity index (χ0v) is 15.2.